The van der Waals surface area contributed by atoms with Gasteiger partial charge >= 0.3 is 0 Å². The predicted molar refractivity (Wildman–Crippen MR) is 108 cm³/mol. The van der Waals surface area contributed by atoms with Gasteiger partial charge in [-0.1, -0.05) is 31.2 Å². The van der Waals surface area contributed by atoms with Gasteiger partial charge in [0.1, 0.15) is 11.6 Å². The van der Waals surface area contributed by atoms with Crippen LogP contribution in [0.1, 0.15) is 34.5 Å². The van der Waals surface area contributed by atoms with Crippen LogP contribution < -0.4 is 10.6 Å². The number of hydrogen-bond acceptors (Lipinski definition) is 4. The van der Waals surface area contributed by atoms with Gasteiger partial charge in [-0.05, 0) is 42.3 Å². The number of benzene rings is 2. The summed E-state index contributed by atoms with van der Waals surface area (Å²) in [7, 11) is 0. The number of nitrogens with one attached hydrogen (secondary N) is 2. The van der Waals surface area contributed by atoms with Crippen molar-refractivity contribution in [1.82, 2.24) is 20.1 Å². The zero-order chi connectivity index (χ0) is 18.8. The molecule has 1 aliphatic heterocycles. The molecule has 0 fully saturated rings. The van der Waals surface area contributed by atoms with Gasteiger partial charge in [-0.3, -0.25) is 4.79 Å². The van der Waals surface area contributed by atoms with E-state index in [4.69, 9.17) is 0 Å². The highest BCUT2D eigenvalue weighted by Crippen LogP contribution is 2.25. The maximum atomic E-state index is 14.8. The summed E-state index contributed by atoms with van der Waals surface area (Å²) in [5, 5.41) is 10.2. The topological polar surface area (TPSA) is 71.8 Å². The van der Waals surface area contributed by atoms with E-state index in [1.165, 1.54) is 0 Å². The van der Waals surface area contributed by atoms with Gasteiger partial charge in [0, 0.05) is 13.0 Å². The molecule has 4 rings (SSSR count). The number of nitrogens with zero attached hydrogens (tertiary/aromatic N) is 3. The fourth-order valence-corrected chi connectivity index (χ4v) is 3.25. The van der Waals surface area contributed by atoms with Crippen LogP contribution in [0.3, 0.4) is 0 Å². The second-order valence-electron chi connectivity index (χ2n) is 6.40. The van der Waals surface area contributed by atoms with Crippen molar-refractivity contribution < 1.29 is 9.18 Å². The molecule has 0 aliphatic carbocycles. The molecule has 2 aromatic carbocycles. The van der Waals surface area contributed by atoms with Crippen LogP contribution in [0.5, 0.6) is 0 Å². The first kappa shape index (κ1) is 20.0. The lowest BCUT2D eigenvalue weighted by molar-refractivity contribution is 0.101. The molecule has 0 spiro atoms. The largest absolute Gasteiger partial charge is 0.317 e. The summed E-state index contributed by atoms with van der Waals surface area (Å²) in [5.41, 5.74) is 2.57. The summed E-state index contributed by atoms with van der Waals surface area (Å²) < 4.78 is 16.4. The average molecular weight is 402 g/mol. The quantitative estimate of drug-likeness (QED) is 0.703. The number of anilines is 1. The molecule has 1 aromatic heterocycles. The highest BCUT2D eigenvalue weighted by Gasteiger charge is 2.21. The lowest BCUT2D eigenvalue weighted by Gasteiger charge is -2.19. The number of carbonyl (C=O) groups excluding carboxylic acids is 1. The first-order valence-corrected chi connectivity index (χ1v) is 9.01. The lowest BCUT2D eigenvalue weighted by Crippen LogP contribution is -2.25. The molecule has 1 amide bonds. The zero-order valence-corrected chi connectivity index (χ0v) is 16.2. The smallest absolute Gasteiger partial charge is 0.295 e. The van der Waals surface area contributed by atoms with Gasteiger partial charge in [-0.25, -0.2) is 14.1 Å². The third kappa shape index (κ3) is 3.76. The Labute approximate surface area is 168 Å². The van der Waals surface area contributed by atoms with E-state index in [9.17, 15) is 9.18 Å². The molecule has 0 bridgehead atoms. The second kappa shape index (κ2) is 8.50. The van der Waals surface area contributed by atoms with Crippen LogP contribution in [0.25, 0.3) is 5.69 Å². The lowest BCUT2D eigenvalue weighted by atomic mass is 9.99. The van der Waals surface area contributed by atoms with Gasteiger partial charge in [0.2, 0.25) is 5.82 Å². The molecule has 3 aromatic rings. The van der Waals surface area contributed by atoms with Crippen LogP contribution in [-0.2, 0) is 19.4 Å². The van der Waals surface area contributed by atoms with E-state index in [1.807, 2.05) is 43.3 Å². The first-order chi connectivity index (χ1) is 13.2. The predicted octanol–water partition coefficient (Wildman–Crippen LogP) is 3.29. The Balaban J connectivity index is 0.00000225. The summed E-state index contributed by atoms with van der Waals surface area (Å²) in [6.07, 6.45) is 1.22. The van der Waals surface area contributed by atoms with Crippen molar-refractivity contribution in [2.75, 3.05) is 11.9 Å². The standard InChI is InChI=1S/C20H20FN5O.ClH/c1-2-17-24-19(25-26(17)14-6-4-3-5-7-14)20(27)23-16-9-8-13-12-22-11-10-15(13)18(16)21;/h3-9,22H,2,10-12H2,1H3,(H,23,27);1H. The summed E-state index contributed by atoms with van der Waals surface area (Å²) in [5.74, 6) is -0.203. The third-order valence-electron chi connectivity index (χ3n) is 4.65. The number of hydrogen-bond donors (Lipinski definition) is 2. The second-order valence-corrected chi connectivity index (χ2v) is 6.40. The highest BCUT2D eigenvalue weighted by molar-refractivity contribution is 6.01. The van der Waals surface area contributed by atoms with E-state index < -0.39 is 5.91 Å². The fraction of sp³-hybridized carbons (Fsp3) is 0.250. The molecule has 0 unspecified atom stereocenters. The molecule has 0 saturated carbocycles. The number of halogens is 2. The molecule has 8 heteroatoms. The Morgan fingerprint density at radius 3 is 2.79 bits per heavy atom. The Hall–Kier alpha value is -2.77. The first-order valence-electron chi connectivity index (χ1n) is 9.01. The van der Waals surface area contributed by atoms with Crippen molar-refractivity contribution in [2.24, 2.45) is 0 Å². The molecule has 146 valence electrons. The Bertz CT molecular complexity index is 990. The van der Waals surface area contributed by atoms with Crippen molar-refractivity contribution >= 4 is 24.0 Å². The Kier molecular flexibility index (Phi) is 6.06. The minimum Gasteiger partial charge on any atom is -0.317 e. The summed E-state index contributed by atoms with van der Waals surface area (Å²) in [6.45, 7) is 3.32. The number of aryl methyl sites for hydroxylation is 1. The van der Waals surface area contributed by atoms with Gasteiger partial charge in [-0.2, -0.15) is 0 Å². The number of aromatic nitrogens is 3. The van der Waals surface area contributed by atoms with Crippen LogP contribution in [0.4, 0.5) is 10.1 Å². The molecule has 0 atom stereocenters. The monoisotopic (exact) mass is 401 g/mol. The zero-order valence-electron chi connectivity index (χ0n) is 15.4. The van der Waals surface area contributed by atoms with E-state index >= 15 is 0 Å². The number of amides is 1. The number of carbonyl (C=O) groups is 1. The minimum atomic E-state index is -0.521. The van der Waals surface area contributed by atoms with Gasteiger partial charge in [0.05, 0.1) is 11.4 Å². The van der Waals surface area contributed by atoms with Crippen molar-refractivity contribution in [1.29, 1.82) is 0 Å². The maximum absolute atomic E-state index is 14.8. The molecule has 0 radical (unpaired) electrons. The van der Waals surface area contributed by atoms with Gasteiger partial charge in [0.25, 0.3) is 5.91 Å². The van der Waals surface area contributed by atoms with Gasteiger partial charge in [-0.15, -0.1) is 17.5 Å². The fourth-order valence-electron chi connectivity index (χ4n) is 3.25. The van der Waals surface area contributed by atoms with Crippen molar-refractivity contribution in [3.05, 3.63) is 71.1 Å². The summed E-state index contributed by atoms with van der Waals surface area (Å²) in [6, 6.07) is 12.9. The molecule has 2 heterocycles. The van der Waals surface area contributed by atoms with Crippen LogP contribution in [0.15, 0.2) is 42.5 Å². The van der Waals surface area contributed by atoms with E-state index in [2.05, 4.69) is 20.7 Å². The molecular formula is C20H21ClFN5O. The van der Waals surface area contributed by atoms with Crippen molar-refractivity contribution in [3.8, 4) is 5.69 Å². The number of fused-ring (bicyclic) bond motifs is 1. The molecule has 1 aliphatic rings. The molecule has 0 saturated heterocycles. The average Bonchev–Trinajstić information content (AvgIpc) is 3.15. The SMILES string of the molecule is CCc1nc(C(=O)Nc2ccc3c(c2F)CCNC3)nn1-c1ccccc1.Cl. The Morgan fingerprint density at radius 2 is 2.04 bits per heavy atom. The highest BCUT2D eigenvalue weighted by atomic mass is 35.5. The molecule has 2 N–H and O–H groups in total. The molecule has 6 nitrogen and oxygen atoms in total. The summed E-state index contributed by atoms with van der Waals surface area (Å²) in [4.78, 5) is 16.9. The van der Waals surface area contributed by atoms with Gasteiger partial charge < -0.3 is 10.6 Å². The van der Waals surface area contributed by atoms with Crippen molar-refractivity contribution in [2.45, 2.75) is 26.3 Å². The maximum Gasteiger partial charge on any atom is 0.295 e. The molecular weight excluding hydrogens is 381 g/mol. The van der Waals surface area contributed by atoms with Crippen LogP contribution in [-0.4, -0.2) is 27.2 Å². The van der Waals surface area contributed by atoms with Crippen LogP contribution in [0, 0.1) is 5.82 Å². The number of para-hydroxylation sites is 1. The third-order valence-corrected chi connectivity index (χ3v) is 4.65. The summed E-state index contributed by atoms with van der Waals surface area (Å²) >= 11 is 0. The van der Waals surface area contributed by atoms with E-state index in [0.717, 1.165) is 17.8 Å². The minimum absolute atomic E-state index is 0. The van der Waals surface area contributed by atoms with Gasteiger partial charge in [0.15, 0.2) is 0 Å². The van der Waals surface area contributed by atoms with Crippen LogP contribution >= 0.6 is 12.4 Å². The van der Waals surface area contributed by atoms with E-state index in [0.29, 0.717) is 30.8 Å². The van der Waals surface area contributed by atoms with Crippen LogP contribution in [0.2, 0.25) is 0 Å². The van der Waals surface area contributed by atoms with E-state index in [1.54, 1.807) is 10.7 Å². The van der Waals surface area contributed by atoms with Crippen molar-refractivity contribution in [3.63, 3.8) is 0 Å². The van der Waals surface area contributed by atoms with E-state index in [-0.39, 0.29) is 29.7 Å². The Morgan fingerprint density at radius 1 is 1.25 bits per heavy atom. The molecule has 28 heavy (non-hydrogen) atoms. The normalized spacial score (nSPS) is 12.8. The number of rotatable bonds is 4.